The number of alkyl carbamates (subject to hydrolysis) is 1. The summed E-state index contributed by atoms with van der Waals surface area (Å²) in [7, 11) is -0.690. The van der Waals surface area contributed by atoms with Crippen molar-refractivity contribution in [2.45, 2.75) is 78.6 Å². The maximum absolute atomic E-state index is 14.7. The van der Waals surface area contributed by atoms with Gasteiger partial charge in [0.15, 0.2) is 0 Å². The van der Waals surface area contributed by atoms with Gasteiger partial charge in [-0.3, -0.25) is 0 Å². The number of carbonyl (C=O) groups excluding carboxylic acids is 1. The Morgan fingerprint density at radius 2 is 1.93 bits per heavy atom. The van der Waals surface area contributed by atoms with E-state index in [0.29, 0.717) is 17.6 Å². The van der Waals surface area contributed by atoms with Crippen molar-refractivity contribution in [1.82, 2.24) is 5.32 Å². The zero-order chi connectivity index (χ0) is 22.2. The highest BCUT2D eigenvalue weighted by molar-refractivity contribution is 6.61. The molecule has 8 heteroatoms. The Kier molecular flexibility index (Phi) is 9.12. The van der Waals surface area contributed by atoms with E-state index in [1.807, 2.05) is 33.8 Å². The molecule has 0 unspecified atom stereocenters. The molecule has 0 aliphatic carbocycles. The van der Waals surface area contributed by atoms with Crippen LogP contribution in [0, 0.1) is 17.1 Å². The normalized spacial score (nSPS) is 12.8. The monoisotopic (exact) mass is 406 g/mol. The van der Waals surface area contributed by atoms with Crippen LogP contribution in [-0.2, 0) is 20.5 Å². The average molecular weight is 406 g/mol. The number of hydrogen-bond acceptors (Lipinski definition) is 5. The Labute approximate surface area is 173 Å². The van der Waals surface area contributed by atoms with E-state index in [1.54, 1.807) is 32.9 Å². The number of hydrogen-bond donors (Lipinski definition) is 1. The van der Waals surface area contributed by atoms with E-state index in [9.17, 15) is 14.4 Å². The first-order valence-corrected chi connectivity index (χ1v) is 9.87. The second-order valence-corrected chi connectivity index (χ2v) is 8.40. The maximum Gasteiger partial charge on any atom is 0.494 e. The summed E-state index contributed by atoms with van der Waals surface area (Å²) >= 11 is 0. The zero-order valence-electron chi connectivity index (χ0n) is 18.5. The van der Waals surface area contributed by atoms with Crippen molar-refractivity contribution >= 4 is 18.7 Å². The van der Waals surface area contributed by atoms with E-state index < -0.39 is 36.3 Å². The molecule has 0 saturated carbocycles. The maximum atomic E-state index is 14.7. The van der Waals surface area contributed by atoms with E-state index in [4.69, 9.17) is 14.0 Å². The number of halogens is 1. The second kappa shape index (κ2) is 10.6. The highest BCUT2D eigenvalue weighted by atomic mass is 19.1. The number of nitrogens with one attached hydrogen (secondary N) is 1. The van der Waals surface area contributed by atoms with Gasteiger partial charge in [0.1, 0.15) is 17.5 Å². The van der Waals surface area contributed by atoms with Crippen molar-refractivity contribution in [2.24, 2.45) is 0 Å². The average Bonchev–Trinajstić information content (AvgIpc) is 2.60. The molecule has 0 aliphatic heterocycles. The van der Waals surface area contributed by atoms with E-state index in [-0.39, 0.29) is 6.42 Å². The molecule has 1 atom stereocenters. The summed E-state index contributed by atoms with van der Waals surface area (Å²) < 4.78 is 31.5. The summed E-state index contributed by atoms with van der Waals surface area (Å²) in [6.07, 6.45) is 0.0764. The van der Waals surface area contributed by atoms with Crippen LogP contribution in [0.3, 0.4) is 0 Å². The van der Waals surface area contributed by atoms with Crippen LogP contribution >= 0.6 is 0 Å². The standard InChI is InChI=1S/C21H32BFN2O4/c1-8-21(6,7)29-22(27-9-2)16-11-10-15(18(23)13-16)12-17(14-24)25-19(26)28-20(3,4)5/h10-11,13,17H,8-9,12H2,1-7H3,(H,25,26)/t17-/m0/s1. The van der Waals surface area contributed by atoms with Gasteiger partial charge < -0.3 is 19.4 Å². The Morgan fingerprint density at radius 3 is 2.41 bits per heavy atom. The van der Waals surface area contributed by atoms with E-state index in [0.717, 1.165) is 6.42 Å². The molecule has 0 spiro atoms. The lowest BCUT2D eigenvalue weighted by molar-refractivity contribution is 0.0515. The van der Waals surface area contributed by atoms with E-state index in [1.165, 1.54) is 6.07 Å². The van der Waals surface area contributed by atoms with Crippen molar-refractivity contribution in [2.75, 3.05) is 6.61 Å². The number of amides is 1. The van der Waals surface area contributed by atoms with E-state index in [2.05, 4.69) is 5.32 Å². The molecule has 0 bridgehead atoms. The molecule has 1 N–H and O–H groups in total. The third-order valence-corrected chi connectivity index (χ3v) is 4.22. The van der Waals surface area contributed by atoms with Gasteiger partial charge in [-0.05, 0) is 65.1 Å². The predicted octanol–water partition coefficient (Wildman–Crippen LogP) is 3.72. The van der Waals surface area contributed by atoms with Gasteiger partial charge in [0, 0.05) is 18.6 Å². The van der Waals surface area contributed by atoms with Crippen LogP contribution in [0.4, 0.5) is 9.18 Å². The van der Waals surface area contributed by atoms with Crippen LogP contribution in [0.2, 0.25) is 0 Å². The van der Waals surface area contributed by atoms with E-state index >= 15 is 0 Å². The third kappa shape index (κ3) is 8.84. The van der Waals surface area contributed by atoms with Gasteiger partial charge in [0.25, 0.3) is 0 Å². The molecule has 1 amide bonds. The lowest BCUT2D eigenvalue weighted by Crippen LogP contribution is -2.44. The molecule has 1 aromatic carbocycles. The number of rotatable bonds is 9. The quantitative estimate of drug-likeness (QED) is 0.633. The first-order valence-electron chi connectivity index (χ1n) is 9.87. The molecule has 1 rings (SSSR count). The number of nitriles is 1. The molecule has 6 nitrogen and oxygen atoms in total. The van der Waals surface area contributed by atoms with Crippen LogP contribution < -0.4 is 10.8 Å². The van der Waals surface area contributed by atoms with Crippen LogP contribution in [-0.4, -0.2) is 37.1 Å². The number of carbonyl (C=O) groups is 1. The summed E-state index contributed by atoms with van der Waals surface area (Å²) in [5.41, 5.74) is -0.236. The highest BCUT2D eigenvalue weighted by Gasteiger charge is 2.30. The Hall–Kier alpha value is -2.11. The highest BCUT2D eigenvalue weighted by Crippen LogP contribution is 2.17. The summed E-state index contributed by atoms with van der Waals surface area (Å²) in [5, 5.41) is 11.8. The van der Waals surface area contributed by atoms with Crippen molar-refractivity contribution in [1.29, 1.82) is 5.26 Å². The van der Waals surface area contributed by atoms with Gasteiger partial charge in [-0.2, -0.15) is 5.26 Å². The molecule has 0 saturated heterocycles. The molecule has 0 fully saturated rings. The Balaban J connectivity index is 2.92. The Morgan fingerprint density at radius 1 is 1.28 bits per heavy atom. The molecule has 160 valence electrons. The van der Waals surface area contributed by atoms with Crippen molar-refractivity contribution < 1.29 is 23.2 Å². The molecule has 29 heavy (non-hydrogen) atoms. The van der Waals surface area contributed by atoms with Gasteiger partial charge >= 0.3 is 13.2 Å². The molecular formula is C21H32BFN2O4. The van der Waals surface area contributed by atoms with Gasteiger partial charge in [-0.25, -0.2) is 9.18 Å². The minimum atomic E-state index is -0.914. The fourth-order valence-electron chi connectivity index (χ4n) is 2.40. The SMILES string of the molecule is CCOB(OC(C)(C)CC)c1ccc(C[C@@H](C#N)NC(=O)OC(C)(C)C)c(F)c1. The first-order chi connectivity index (χ1) is 13.4. The summed E-state index contributed by atoms with van der Waals surface area (Å²) in [6, 6.07) is 5.70. The topological polar surface area (TPSA) is 80.6 Å². The van der Waals surface area contributed by atoms with Crippen molar-refractivity contribution in [3.8, 4) is 6.07 Å². The fraction of sp³-hybridized carbons (Fsp3) is 0.619. The second-order valence-electron chi connectivity index (χ2n) is 8.40. The minimum Gasteiger partial charge on any atom is -0.444 e. The number of benzene rings is 1. The zero-order valence-corrected chi connectivity index (χ0v) is 18.5. The lowest BCUT2D eigenvalue weighted by atomic mass is 9.76. The van der Waals surface area contributed by atoms with Crippen molar-refractivity contribution in [3.63, 3.8) is 0 Å². The lowest BCUT2D eigenvalue weighted by Gasteiger charge is -2.28. The number of nitrogens with zero attached hydrogens (tertiary/aromatic N) is 1. The minimum absolute atomic E-state index is 0.0163. The third-order valence-electron chi connectivity index (χ3n) is 4.22. The Bertz CT molecular complexity index is 728. The van der Waals surface area contributed by atoms with Crippen LogP contribution in [0.5, 0.6) is 0 Å². The molecule has 0 aromatic heterocycles. The summed E-state index contributed by atoms with van der Waals surface area (Å²) in [4.78, 5) is 11.9. The largest absolute Gasteiger partial charge is 0.494 e. The van der Waals surface area contributed by atoms with Crippen LogP contribution in [0.1, 0.15) is 60.5 Å². The van der Waals surface area contributed by atoms with Gasteiger partial charge in [-0.1, -0.05) is 19.1 Å². The first kappa shape index (κ1) is 24.9. The predicted molar refractivity (Wildman–Crippen MR) is 111 cm³/mol. The fourth-order valence-corrected chi connectivity index (χ4v) is 2.40. The molecule has 1 aromatic rings. The van der Waals surface area contributed by atoms with Gasteiger partial charge in [-0.15, -0.1) is 0 Å². The van der Waals surface area contributed by atoms with Gasteiger partial charge in [0.2, 0.25) is 0 Å². The molecule has 0 heterocycles. The van der Waals surface area contributed by atoms with Crippen LogP contribution in [0.25, 0.3) is 0 Å². The van der Waals surface area contributed by atoms with Gasteiger partial charge in [0.05, 0.1) is 6.07 Å². The molecule has 0 radical (unpaired) electrons. The molecule has 0 aliphatic rings. The number of ether oxygens (including phenoxy) is 1. The van der Waals surface area contributed by atoms with Crippen molar-refractivity contribution in [3.05, 3.63) is 29.6 Å². The smallest absolute Gasteiger partial charge is 0.444 e. The summed E-state index contributed by atoms with van der Waals surface area (Å²) in [6.45, 7) is 13.3. The van der Waals surface area contributed by atoms with Crippen LogP contribution in [0.15, 0.2) is 18.2 Å². The molecular weight excluding hydrogens is 374 g/mol. The summed E-state index contributed by atoms with van der Waals surface area (Å²) in [5.74, 6) is -0.489.